The molecular weight excluding hydrogens is 516 g/mol. The van der Waals surface area contributed by atoms with Crippen LogP contribution in [0.2, 0.25) is 10.0 Å². The number of carbonyl (C=O) groups is 1. The quantitative estimate of drug-likeness (QED) is 0.278. The van der Waals surface area contributed by atoms with E-state index in [2.05, 4.69) is 5.16 Å². The largest absolute Gasteiger partial charge is 0.496 e. The Bertz CT molecular complexity index is 1490. The lowest BCUT2D eigenvalue weighted by atomic mass is 9.86. The number of rotatable bonds is 4. The molecule has 0 spiro atoms. The Balaban J connectivity index is 1.43. The molecule has 5 rings (SSSR count). The lowest BCUT2D eigenvalue weighted by molar-refractivity contribution is -0.275. The van der Waals surface area contributed by atoms with Crippen molar-refractivity contribution in [1.29, 1.82) is 0 Å². The van der Waals surface area contributed by atoms with Crippen molar-refractivity contribution in [3.05, 3.63) is 99.7 Å². The van der Waals surface area contributed by atoms with E-state index in [0.717, 1.165) is 17.5 Å². The number of hydrogen-bond donors (Lipinski definition) is 0. The molecule has 0 aliphatic carbocycles. The number of oxime groups is 1. The summed E-state index contributed by atoms with van der Waals surface area (Å²) < 4.78 is 49.5. The van der Waals surface area contributed by atoms with Crippen molar-refractivity contribution >= 4 is 45.7 Å². The molecular formula is C26H17Cl2F3N2O3. The second kappa shape index (κ2) is 8.87. The lowest BCUT2D eigenvalue weighted by Crippen LogP contribution is -2.42. The van der Waals surface area contributed by atoms with Gasteiger partial charge in [0.1, 0.15) is 5.75 Å². The van der Waals surface area contributed by atoms with E-state index in [9.17, 15) is 18.0 Å². The molecule has 5 nitrogen and oxygen atoms in total. The predicted molar refractivity (Wildman–Crippen MR) is 131 cm³/mol. The third-order valence-corrected chi connectivity index (χ3v) is 6.55. The molecule has 0 fully saturated rings. The Hall–Kier alpha value is -3.49. The summed E-state index contributed by atoms with van der Waals surface area (Å²) in [6.07, 6.45) is -3.73. The first-order valence-corrected chi connectivity index (χ1v) is 11.5. The highest BCUT2D eigenvalue weighted by atomic mass is 35.5. The van der Waals surface area contributed by atoms with Crippen molar-refractivity contribution < 1.29 is 27.5 Å². The number of fused-ring (bicyclic) bond motifs is 1. The highest BCUT2D eigenvalue weighted by Gasteiger charge is 2.62. The fourth-order valence-corrected chi connectivity index (χ4v) is 4.81. The summed E-state index contributed by atoms with van der Waals surface area (Å²) in [6, 6.07) is 17.0. The van der Waals surface area contributed by atoms with Crippen LogP contribution >= 0.6 is 23.2 Å². The maximum atomic E-state index is 14.2. The average molecular weight is 533 g/mol. The van der Waals surface area contributed by atoms with Gasteiger partial charge in [-0.25, -0.2) is 0 Å². The molecule has 0 radical (unpaired) electrons. The molecule has 10 heteroatoms. The fourth-order valence-electron chi connectivity index (χ4n) is 4.28. The molecule has 1 atom stereocenters. The molecule has 1 aliphatic rings. The highest BCUT2D eigenvalue weighted by Crippen LogP contribution is 2.49. The number of nitrogens with zero attached hydrogens (tertiary/aromatic N) is 2. The lowest BCUT2D eigenvalue weighted by Gasteiger charge is -2.29. The van der Waals surface area contributed by atoms with Gasteiger partial charge in [-0.05, 0) is 54.1 Å². The van der Waals surface area contributed by atoms with Gasteiger partial charge in [0.15, 0.2) is 0 Å². The Kier molecular flexibility index (Phi) is 5.97. The molecule has 1 unspecified atom stereocenters. The van der Waals surface area contributed by atoms with Crippen LogP contribution in [0.1, 0.15) is 27.9 Å². The number of ether oxygens (including phenoxy) is 1. The minimum atomic E-state index is -4.79. The molecule has 3 aromatic carbocycles. The second-order valence-electron chi connectivity index (χ2n) is 8.25. The van der Waals surface area contributed by atoms with Crippen LogP contribution in [0, 0.1) is 0 Å². The van der Waals surface area contributed by atoms with Gasteiger partial charge >= 0.3 is 6.18 Å². The number of carbonyl (C=O) groups excluding carboxylic acids is 1. The summed E-state index contributed by atoms with van der Waals surface area (Å²) in [5.74, 6) is 0.343. The van der Waals surface area contributed by atoms with Crippen molar-refractivity contribution in [2.75, 3.05) is 7.11 Å². The highest BCUT2D eigenvalue weighted by molar-refractivity contribution is 6.34. The maximum Gasteiger partial charge on any atom is 0.435 e. The van der Waals surface area contributed by atoms with Gasteiger partial charge in [0, 0.05) is 39.2 Å². The van der Waals surface area contributed by atoms with Crippen LogP contribution in [0.3, 0.4) is 0 Å². The van der Waals surface area contributed by atoms with Crippen molar-refractivity contribution in [2.24, 2.45) is 5.16 Å². The molecule has 0 N–H and O–H groups in total. The minimum absolute atomic E-state index is 0.0520. The summed E-state index contributed by atoms with van der Waals surface area (Å²) in [5, 5.41) is 4.64. The smallest absolute Gasteiger partial charge is 0.435 e. The normalized spacial score (nSPS) is 17.7. The third kappa shape index (κ3) is 4.00. The van der Waals surface area contributed by atoms with Gasteiger partial charge in [0.25, 0.3) is 11.5 Å². The third-order valence-electron chi connectivity index (χ3n) is 6.11. The number of alkyl halides is 3. The van der Waals surface area contributed by atoms with E-state index >= 15 is 0 Å². The minimum Gasteiger partial charge on any atom is -0.496 e. The van der Waals surface area contributed by atoms with E-state index in [1.54, 1.807) is 49.7 Å². The second-order valence-corrected chi connectivity index (χ2v) is 9.12. The molecule has 0 saturated carbocycles. The first-order valence-electron chi connectivity index (χ1n) is 10.7. The number of benzene rings is 3. The van der Waals surface area contributed by atoms with Gasteiger partial charge in [-0.2, -0.15) is 13.2 Å². The number of methoxy groups -OCH3 is 1. The number of halogens is 5. The Morgan fingerprint density at radius 1 is 1.06 bits per heavy atom. The maximum absolute atomic E-state index is 14.2. The van der Waals surface area contributed by atoms with Crippen molar-refractivity contribution in [1.82, 2.24) is 4.57 Å². The van der Waals surface area contributed by atoms with E-state index in [4.69, 9.17) is 32.8 Å². The van der Waals surface area contributed by atoms with Gasteiger partial charge < -0.3 is 9.57 Å². The molecule has 0 saturated heterocycles. The van der Waals surface area contributed by atoms with Crippen LogP contribution in [0.15, 0.2) is 78.1 Å². The van der Waals surface area contributed by atoms with Crippen LogP contribution in [0.4, 0.5) is 13.2 Å². The summed E-state index contributed by atoms with van der Waals surface area (Å²) >= 11 is 11.9. The monoisotopic (exact) mass is 532 g/mol. The molecule has 4 aromatic rings. The molecule has 0 amide bonds. The number of aromatic nitrogens is 1. The average Bonchev–Trinajstić information content (AvgIpc) is 3.49. The van der Waals surface area contributed by atoms with E-state index in [0.29, 0.717) is 22.4 Å². The number of hydrogen-bond acceptors (Lipinski definition) is 4. The molecule has 2 heterocycles. The SMILES string of the molecule is COc1cccc2c1ccn2C(=O)c1ccc(C2=NOC(c3cc(Cl)cc(Cl)c3)(C(F)(F)F)C2)cc1. The first-order chi connectivity index (χ1) is 17.1. The molecule has 1 aliphatic heterocycles. The predicted octanol–water partition coefficient (Wildman–Crippen LogP) is 7.23. The molecule has 184 valence electrons. The van der Waals surface area contributed by atoms with Crippen molar-refractivity contribution in [3.8, 4) is 5.75 Å². The molecule has 0 bridgehead atoms. The van der Waals surface area contributed by atoms with E-state index in [1.807, 2.05) is 0 Å². The summed E-state index contributed by atoms with van der Waals surface area (Å²) in [7, 11) is 1.55. The zero-order chi connectivity index (χ0) is 25.7. The van der Waals surface area contributed by atoms with Crippen LogP contribution < -0.4 is 4.74 Å². The van der Waals surface area contributed by atoms with Gasteiger partial charge in [-0.15, -0.1) is 0 Å². The summed E-state index contributed by atoms with van der Waals surface area (Å²) in [5.41, 5.74) is -1.47. The van der Waals surface area contributed by atoms with Gasteiger partial charge in [-0.1, -0.05) is 46.6 Å². The van der Waals surface area contributed by atoms with Crippen molar-refractivity contribution in [3.63, 3.8) is 0 Å². The van der Waals surface area contributed by atoms with E-state index in [-0.39, 0.29) is 27.2 Å². The molecule has 36 heavy (non-hydrogen) atoms. The Morgan fingerprint density at radius 3 is 2.39 bits per heavy atom. The molecule has 1 aromatic heterocycles. The van der Waals surface area contributed by atoms with Gasteiger partial charge in [0.2, 0.25) is 0 Å². The van der Waals surface area contributed by atoms with E-state index in [1.165, 1.54) is 22.8 Å². The van der Waals surface area contributed by atoms with Gasteiger partial charge in [-0.3, -0.25) is 9.36 Å². The Labute approximate surface area is 213 Å². The first kappa shape index (κ1) is 24.2. The fraction of sp³-hybridized carbons (Fsp3) is 0.154. The summed E-state index contributed by atoms with van der Waals surface area (Å²) in [4.78, 5) is 18.2. The standard InChI is InChI=1S/C26H17Cl2F3N2O3/c1-35-23-4-2-3-22-20(23)9-10-33(22)24(34)16-7-5-15(6-8-16)21-14-25(36-32-21,26(29,30)31)17-11-18(27)13-19(28)12-17/h2-13H,14H2,1H3. The van der Waals surface area contributed by atoms with E-state index < -0.39 is 18.2 Å². The Morgan fingerprint density at radius 2 is 1.75 bits per heavy atom. The van der Waals surface area contributed by atoms with Crippen LogP contribution in [0.25, 0.3) is 10.9 Å². The topological polar surface area (TPSA) is 52.8 Å². The van der Waals surface area contributed by atoms with Crippen LogP contribution in [-0.2, 0) is 10.4 Å². The van der Waals surface area contributed by atoms with Crippen molar-refractivity contribution in [2.45, 2.75) is 18.2 Å². The van der Waals surface area contributed by atoms with Crippen LogP contribution in [-0.4, -0.2) is 29.5 Å². The zero-order valence-corrected chi connectivity index (χ0v) is 20.2. The summed E-state index contributed by atoms with van der Waals surface area (Å²) in [6.45, 7) is 0. The zero-order valence-electron chi connectivity index (χ0n) is 18.6. The van der Waals surface area contributed by atoms with Gasteiger partial charge in [0.05, 0.1) is 18.3 Å². The van der Waals surface area contributed by atoms with Crippen LogP contribution in [0.5, 0.6) is 5.75 Å².